The second-order valence-corrected chi connectivity index (χ2v) is 7.86. The minimum absolute atomic E-state index is 0.170. The average molecular weight is 367 g/mol. The number of esters is 1. The molecule has 2 rings (SSSR count). The van der Waals surface area contributed by atoms with Gasteiger partial charge < -0.3 is 15.4 Å². The van der Waals surface area contributed by atoms with Gasteiger partial charge in [0.2, 0.25) is 5.91 Å². The van der Waals surface area contributed by atoms with Gasteiger partial charge in [0.15, 0.2) is 0 Å². The summed E-state index contributed by atoms with van der Waals surface area (Å²) >= 11 is 0. The Morgan fingerprint density at radius 1 is 1.31 bits per heavy atom. The molecule has 0 unspecified atom stereocenters. The second kappa shape index (κ2) is 8.05. The lowest BCUT2D eigenvalue weighted by Crippen LogP contribution is -2.50. The molecule has 0 radical (unpaired) electrons. The van der Waals surface area contributed by atoms with E-state index in [0.29, 0.717) is 25.2 Å². The highest BCUT2D eigenvalue weighted by Crippen LogP contribution is 2.36. The molecule has 2 aliphatic rings. The Morgan fingerprint density at radius 3 is 2.46 bits per heavy atom. The average Bonchev–Trinajstić information content (AvgIpc) is 2.80. The highest BCUT2D eigenvalue weighted by molar-refractivity contribution is 6.09. The number of ether oxygens (including phenoxy) is 1. The van der Waals surface area contributed by atoms with Crippen molar-refractivity contribution in [3.63, 3.8) is 0 Å². The van der Waals surface area contributed by atoms with Gasteiger partial charge in [-0.15, -0.1) is 0 Å². The molecule has 0 aromatic rings. The number of urea groups is 1. The summed E-state index contributed by atoms with van der Waals surface area (Å²) in [5.74, 6) is -0.737. The predicted octanol–water partition coefficient (Wildman–Crippen LogP) is 1.19. The van der Waals surface area contributed by atoms with E-state index in [1.807, 2.05) is 13.8 Å². The molecule has 1 aliphatic carbocycles. The van der Waals surface area contributed by atoms with E-state index in [9.17, 15) is 19.2 Å². The maximum Gasteiger partial charge on any atom is 0.328 e. The van der Waals surface area contributed by atoms with Gasteiger partial charge in [0.05, 0.1) is 7.11 Å². The van der Waals surface area contributed by atoms with Crippen LogP contribution in [0.15, 0.2) is 0 Å². The third-order valence-corrected chi connectivity index (χ3v) is 5.20. The summed E-state index contributed by atoms with van der Waals surface area (Å²) in [6, 6.07) is -1.34. The molecule has 4 amide bonds. The summed E-state index contributed by atoms with van der Waals surface area (Å²) in [7, 11) is 1.26. The SMILES string of the molecule is COC(=O)[C@@H](CC(C)C)NC(=O)CN1C(=O)NC2(CCC(C)CC2)C1=O. The van der Waals surface area contributed by atoms with Crippen LogP contribution in [-0.2, 0) is 19.1 Å². The van der Waals surface area contributed by atoms with Gasteiger partial charge >= 0.3 is 12.0 Å². The number of amides is 4. The summed E-state index contributed by atoms with van der Waals surface area (Å²) in [6.45, 7) is 5.58. The van der Waals surface area contributed by atoms with Crippen molar-refractivity contribution < 1.29 is 23.9 Å². The van der Waals surface area contributed by atoms with Gasteiger partial charge in [0.1, 0.15) is 18.1 Å². The van der Waals surface area contributed by atoms with Crippen molar-refractivity contribution in [2.75, 3.05) is 13.7 Å². The van der Waals surface area contributed by atoms with Crippen LogP contribution in [0, 0.1) is 11.8 Å². The lowest BCUT2D eigenvalue weighted by atomic mass is 9.77. The van der Waals surface area contributed by atoms with Gasteiger partial charge in [-0.3, -0.25) is 14.5 Å². The van der Waals surface area contributed by atoms with E-state index >= 15 is 0 Å². The van der Waals surface area contributed by atoms with Gasteiger partial charge in [-0.2, -0.15) is 0 Å². The standard InChI is InChI=1S/C18H29N3O5/c1-11(2)9-13(15(23)26-4)19-14(22)10-21-16(24)18(20-17(21)25)7-5-12(3)6-8-18/h11-13H,5-10H2,1-4H3,(H,19,22)(H,20,25)/t12?,13-,18?/m1/s1. The zero-order valence-electron chi connectivity index (χ0n) is 16.0. The molecule has 2 fully saturated rings. The molecule has 26 heavy (non-hydrogen) atoms. The lowest BCUT2D eigenvalue weighted by molar-refractivity contribution is -0.145. The zero-order chi connectivity index (χ0) is 19.5. The molecule has 0 aromatic heterocycles. The fourth-order valence-electron chi connectivity index (χ4n) is 3.62. The molecule has 1 heterocycles. The van der Waals surface area contributed by atoms with E-state index < -0.39 is 36.0 Å². The van der Waals surface area contributed by atoms with E-state index in [0.717, 1.165) is 17.7 Å². The smallest absolute Gasteiger partial charge is 0.328 e. The van der Waals surface area contributed by atoms with Crippen LogP contribution in [0.4, 0.5) is 4.79 Å². The molecular formula is C18H29N3O5. The number of imide groups is 1. The third kappa shape index (κ3) is 4.34. The van der Waals surface area contributed by atoms with Crippen molar-refractivity contribution in [2.45, 2.75) is 64.5 Å². The summed E-state index contributed by atoms with van der Waals surface area (Å²) in [5.41, 5.74) is -0.871. The predicted molar refractivity (Wildman–Crippen MR) is 94.0 cm³/mol. The zero-order valence-corrected chi connectivity index (χ0v) is 16.0. The lowest BCUT2D eigenvalue weighted by Gasteiger charge is -2.33. The normalized spacial score (nSPS) is 26.8. The van der Waals surface area contributed by atoms with Crippen molar-refractivity contribution in [3.8, 4) is 0 Å². The second-order valence-electron chi connectivity index (χ2n) is 7.86. The molecule has 146 valence electrons. The summed E-state index contributed by atoms with van der Waals surface area (Å²) < 4.78 is 4.71. The van der Waals surface area contributed by atoms with Crippen LogP contribution in [0.5, 0.6) is 0 Å². The van der Waals surface area contributed by atoms with Crippen molar-refractivity contribution in [1.82, 2.24) is 15.5 Å². The van der Waals surface area contributed by atoms with Gasteiger partial charge in [-0.25, -0.2) is 9.59 Å². The van der Waals surface area contributed by atoms with Crippen LogP contribution in [0.3, 0.4) is 0 Å². The van der Waals surface area contributed by atoms with Crippen molar-refractivity contribution in [1.29, 1.82) is 0 Å². The van der Waals surface area contributed by atoms with Crippen LogP contribution in [-0.4, -0.2) is 54.0 Å². The van der Waals surface area contributed by atoms with E-state index in [1.165, 1.54) is 7.11 Å². The monoisotopic (exact) mass is 367 g/mol. The largest absolute Gasteiger partial charge is 0.467 e. The first-order chi connectivity index (χ1) is 12.2. The first-order valence-corrected chi connectivity index (χ1v) is 9.20. The number of methoxy groups -OCH3 is 1. The van der Waals surface area contributed by atoms with Crippen molar-refractivity contribution >= 4 is 23.8 Å². The Kier molecular flexibility index (Phi) is 6.26. The first kappa shape index (κ1) is 20.2. The summed E-state index contributed by atoms with van der Waals surface area (Å²) in [4.78, 5) is 50.1. The number of rotatable bonds is 6. The highest BCUT2D eigenvalue weighted by atomic mass is 16.5. The van der Waals surface area contributed by atoms with Gasteiger partial charge in [-0.1, -0.05) is 20.8 Å². The Balaban J connectivity index is 2.00. The van der Waals surface area contributed by atoms with Crippen LogP contribution >= 0.6 is 0 Å². The Bertz CT molecular complexity index is 581. The number of carbonyl (C=O) groups is 4. The van der Waals surface area contributed by atoms with E-state index in [4.69, 9.17) is 4.74 Å². The number of hydrogen-bond donors (Lipinski definition) is 2. The minimum Gasteiger partial charge on any atom is -0.467 e. The Morgan fingerprint density at radius 2 is 1.92 bits per heavy atom. The number of nitrogens with zero attached hydrogens (tertiary/aromatic N) is 1. The molecule has 0 bridgehead atoms. The van der Waals surface area contributed by atoms with Crippen LogP contribution in [0.25, 0.3) is 0 Å². The molecule has 1 spiro atoms. The number of hydrogen-bond acceptors (Lipinski definition) is 5. The van der Waals surface area contributed by atoms with Crippen LogP contribution in [0.1, 0.15) is 52.9 Å². The number of nitrogens with one attached hydrogen (secondary N) is 2. The van der Waals surface area contributed by atoms with E-state index in [2.05, 4.69) is 17.6 Å². The quantitative estimate of drug-likeness (QED) is 0.542. The molecule has 8 nitrogen and oxygen atoms in total. The topological polar surface area (TPSA) is 105 Å². The van der Waals surface area contributed by atoms with Crippen LogP contribution in [0.2, 0.25) is 0 Å². The Hall–Kier alpha value is -2.12. The summed E-state index contributed by atoms with van der Waals surface area (Å²) in [6.07, 6.45) is 3.33. The molecule has 0 aromatic carbocycles. The third-order valence-electron chi connectivity index (χ3n) is 5.20. The fraction of sp³-hybridized carbons (Fsp3) is 0.778. The molecule has 1 saturated carbocycles. The molecule has 1 saturated heterocycles. The molecule has 1 aliphatic heterocycles. The molecule has 1 atom stereocenters. The van der Waals surface area contributed by atoms with Gasteiger partial charge in [0.25, 0.3) is 5.91 Å². The minimum atomic E-state index is -0.871. The van der Waals surface area contributed by atoms with Gasteiger partial charge in [-0.05, 0) is 43.9 Å². The molecule has 8 heteroatoms. The van der Waals surface area contributed by atoms with Crippen molar-refractivity contribution in [3.05, 3.63) is 0 Å². The maximum atomic E-state index is 12.8. The Labute approximate surface area is 154 Å². The maximum absolute atomic E-state index is 12.8. The van der Waals surface area contributed by atoms with E-state index in [1.54, 1.807) is 0 Å². The fourth-order valence-corrected chi connectivity index (χ4v) is 3.62. The van der Waals surface area contributed by atoms with E-state index in [-0.39, 0.29) is 11.8 Å². The van der Waals surface area contributed by atoms with Gasteiger partial charge in [0, 0.05) is 0 Å². The molecule has 2 N–H and O–H groups in total. The highest BCUT2D eigenvalue weighted by Gasteiger charge is 2.52. The molecular weight excluding hydrogens is 338 g/mol. The van der Waals surface area contributed by atoms with Crippen LogP contribution < -0.4 is 10.6 Å². The summed E-state index contributed by atoms with van der Waals surface area (Å²) in [5, 5.41) is 5.36. The van der Waals surface area contributed by atoms with Crippen molar-refractivity contribution in [2.24, 2.45) is 11.8 Å². The number of carbonyl (C=O) groups excluding carboxylic acids is 4. The first-order valence-electron chi connectivity index (χ1n) is 9.20.